The van der Waals surface area contributed by atoms with Crippen LogP contribution in [0.5, 0.6) is 0 Å². The van der Waals surface area contributed by atoms with Gasteiger partial charge in [-0.25, -0.2) is 0 Å². The third kappa shape index (κ3) is 4.34. The summed E-state index contributed by atoms with van der Waals surface area (Å²) in [4.78, 5) is 2.51. The van der Waals surface area contributed by atoms with E-state index in [2.05, 4.69) is 11.8 Å². The molecule has 1 unspecified atom stereocenters. The molecule has 0 aliphatic carbocycles. The van der Waals surface area contributed by atoms with Crippen molar-refractivity contribution in [2.24, 2.45) is 5.92 Å². The zero-order valence-corrected chi connectivity index (χ0v) is 11.8. The molecule has 104 valence electrons. The van der Waals surface area contributed by atoms with E-state index in [1.165, 1.54) is 44.3 Å². The molecule has 1 aliphatic rings. The molecule has 1 heterocycles. The van der Waals surface area contributed by atoms with E-state index in [4.69, 9.17) is 10.0 Å². The van der Waals surface area contributed by atoms with E-state index < -0.39 is 7.12 Å². The van der Waals surface area contributed by atoms with E-state index in [1.807, 2.05) is 12.1 Å². The van der Waals surface area contributed by atoms with Crippen LogP contribution in [-0.2, 0) is 6.54 Å². The lowest BCUT2D eigenvalue weighted by Crippen LogP contribution is -2.30. The van der Waals surface area contributed by atoms with Crippen LogP contribution in [0, 0.1) is 5.92 Å². The summed E-state index contributed by atoms with van der Waals surface area (Å²) in [5, 5.41) is 18.1. The molecule has 0 radical (unpaired) electrons. The molecule has 1 aromatic rings. The Morgan fingerprint density at radius 1 is 1.16 bits per heavy atom. The molecule has 0 spiro atoms. The van der Waals surface area contributed by atoms with E-state index in [-0.39, 0.29) is 0 Å². The lowest BCUT2D eigenvalue weighted by atomic mass is 9.80. The second-order valence-corrected chi connectivity index (χ2v) is 5.60. The van der Waals surface area contributed by atoms with E-state index in [0.29, 0.717) is 5.46 Å². The standard InChI is InChI=1S/C15H24BNO2/c1-2-13-4-3-10-17(11-9-13)12-14-5-7-15(8-6-14)16(18)19/h5-8,13,18-19H,2-4,9-12H2,1H3. The van der Waals surface area contributed by atoms with Crippen LogP contribution in [0.25, 0.3) is 0 Å². The van der Waals surface area contributed by atoms with Gasteiger partial charge >= 0.3 is 7.12 Å². The topological polar surface area (TPSA) is 43.7 Å². The lowest BCUT2D eigenvalue weighted by molar-refractivity contribution is 0.272. The van der Waals surface area contributed by atoms with Crippen LogP contribution in [0.15, 0.2) is 24.3 Å². The van der Waals surface area contributed by atoms with Crippen molar-refractivity contribution >= 4 is 12.6 Å². The predicted octanol–water partition coefficient (Wildman–Crippen LogP) is 1.38. The van der Waals surface area contributed by atoms with Crippen molar-refractivity contribution < 1.29 is 10.0 Å². The Morgan fingerprint density at radius 3 is 2.53 bits per heavy atom. The van der Waals surface area contributed by atoms with Gasteiger partial charge in [0, 0.05) is 6.54 Å². The highest BCUT2D eigenvalue weighted by atomic mass is 16.4. The molecular formula is C15H24BNO2. The van der Waals surface area contributed by atoms with Crippen LogP contribution in [0.1, 0.15) is 38.2 Å². The maximum absolute atomic E-state index is 9.07. The quantitative estimate of drug-likeness (QED) is 0.805. The molecule has 0 bridgehead atoms. The van der Waals surface area contributed by atoms with E-state index >= 15 is 0 Å². The van der Waals surface area contributed by atoms with Crippen molar-refractivity contribution in [3.05, 3.63) is 29.8 Å². The van der Waals surface area contributed by atoms with Crippen LogP contribution >= 0.6 is 0 Å². The molecule has 2 N–H and O–H groups in total. The maximum atomic E-state index is 9.07. The number of benzene rings is 1. The highest BCUT2D eigenvalue weighted by molar-refractivity contribution is 6.58. The molecule has 3 nitrogen and oxygen atoms in total. The van der Waals surface area contributed by atoms with Gasteiger partial charge in [0.15, 0.2) is 0 Å². The lowest BCUT2D eigenvalue weighted by Gasteiger charge is -2.20. The number of hydrogen-bond acceptors (Lipinski definition) is 3. The molecular weight excluding hydrogens is 237 g/mol. The fourth-order valence-electron chi connectivity index (χ4n) is 2.84. The summed E-state index contributed by atoms with van der Waals surface area (Å²) in [5.74, 6) is 0.900. The van der Waals surface area contributed by atoms with Crippen LogP contribution in [0.3, 0.4) is 0 Å². The summed E-state index contributed by atoms with van der Waals surface area (Å²) >= 11 is 0. The summed E-state index contributed by atoms with van der Waals surface area (Å²) in [6.07, 6.45) is 5.27. The van der Waals surface area contributed by atoms with Crippen molar-refractivity contribution in [3.8, 4) is 0 Å². The minimum absolute atomic E-state index is 0.561. The van der Waals surface area contributed by atoms with Crippen molar-refractivity contribution in [1.29, 1.82) is 0 Å². The Morgan fingerprint density at radius 2 is 1.89 bits per heavy atom. The molecule has 1 aromatic carbocycles. The fourth-order valence-corrected chi connectivity index (χ4v) is 2.84. The summed E-state index contributed by atoms with van der Waals surface area (Å²) < 4.78 is 0. The molecule has 4 heteroatoms. The average Bonchev–Trinajstić information content (AvgIpc) is 2.64. The molecule has 1 saturated heterocycles. The van der Waals surface area contributed by atoms with Gasteiger partial charge < -0.3 is 10.0 Å². The first-order valence-corrected chi connectivity index (χ1v) is 7.36. The van der Waals surface area contributed by atoms with Gasteiger partial charge in [0.05, 0.1) is 0 Å². The van der Waals surface area contributed by atoms with Gasteiger partial charge in [0.25, 0.3) is 0 Å². The van der Waals surface area contributed by atoms with Crippen molar-refractivity contribution in [2.45, 2.75) is 39.2 Å². The zero-order chi connectivity index (χ0) is 13.7. The molecule has 0 saturated carbocycles. The predicted molar refractivity (Wildman–Crippen MR) is 79.2 cm³/mol. The number of nitrogens with zero attached hydrogens (tertiary/aromatic N) is 1. The SMILES string of the molecule is CCC1CCCN(Cc2ccc(B(O)O)cc2)CC1. The Hall–Kier alpha value is -0.835. The summed E-state index contributed by atoms with van der Waals surface area (Å²) in [5.41, 5.74) is 1.81. The Labute approximate surface area is 116 Å². The van der Waals surface area contributed by atoms with Crippen LogP contribution < -0.4 is 5.46 Å². The highest BCUT2D eigenvalue weighted by Gasteiger charge is 2.16. The largest absolute Gasteiger partial charge is 0.488 e. The number of hydrogen-bond donors (Lipinski definition) is 2. The third-order valence-electron chi connectivity index (χ3n) is 4.20. The van der Waals surface area contributed by atoms with E-state index in [1.54, 1.807) is 12.1 Å². The Balaban J connectivity index is 1.90. The van der Waals surface area contributed by atoms with Crippen molar-refractivity contribution in [2.75, 3.05) is 13.1 Å². The maximum Gasteiger partial charge on any atom is 0.488 e. The fraction of sp³-hybridized carbons (Fsp3) is 0.600. The van der Waals surface area contributed by atoms with Crippen LogP contribution in [0.4, 0.5) is 0 Å². The first-order valence-electron chi connectivity index (χ1n) is 7.36. The minimum atomic E-state index is -1.36. The highest BCUT2D eigenvalue weighted by Crippen LogP contribution is 2.21. The second kappa shape index (κ2) is 7.08. The molecule has 1 fully saturated rings. The molecule has 0 amide bonds. The number of likely N-dealkylation sites (tertiary alicyclic amines) is 1. The summed E-state index contributed by atoms with van der Waals surface area (Å²) in [6, 6.07) is 7.59. The van der Waals surface area contributed by atoms with Gasteiger partial charge in [-0.2, -0.15) is 0 Å². The first kappa shape index (κ1) is 14.6. The number of rotatable bonds is 4. The van der Waals surface area contributed by atoms with E-state index in [9.17, 15) is 0 Å². The van der Waals surface area contributed by atoms with Gasteiger partial charge in [-0.15, -0.1) is 0 Å². The van der Waals surface area contributed by atoms with Crippen molar-refractivity contribution in [3.63, 3.8) is 0 Å². The molecule has 19 heavy (non-hydrogen) atoms. The monoisotopic (exact) mass is 261 g/mol. The zero-order valence-electron chi connectivity index (χ0n) is 11.8. The van der Waals surface area contributed by atoms with Gasteiger partial charge in [0.1, 0.15) is 0 Å². The van der Waals surface area contributed by atoms with Crippen LogP contribution in [-0.4, -0.2) is 35.2 Å². The van der Waals surface area contributed by atoms with E-state index in [0.717, 1.165) is 12.5 Å². The van der Waals surface area contributed by atoms with Crippen LogP contribution in [0.2, 0.25) is 0 Å². The Bertz CT molecular complexity index is 380. The molecule has 0 aromatic heterocycles. The average molecular weight is 261 g/mol. The summed E-state index contributed by atoms with van der Waals surface area (Å²) in [7, 11) is -1.36. The third-order valence-corrected chi connectivity index (χ3v) is 4.20. The van der Waals surface area contributed by atoms with Gasteiger partial charge in [-0.3, -0.25) is 4.90 Å². The minimum Gasteiger partial charge on any atom is -0.423 e. The van der Waals surface area contributed by atoms with Gasteiger partial charge in [0.2, 0.25) is 0 Å². The molecule has 2 rings (SSSR count). The second-order valence-electron chi connectivity index (χ2n) is 5.60. The Kier molecular flexibility index (Phi) is 5.43. The first-order chi connectivity index (χ1) is 9.19. The smallest absolute Gasteiger partial charge is 0.423 e. The molecule has 1 atom stereocenters. The van der Waals surface area contributed by atoms with Gasteiger partial charge in [-0.1, -0.05) is 37.6 Å². The van der Waals surface area contributed by atoms with Gasteiger partial charge in [-0.05, 0) is 49.3 Å². The molecule has 1 aliphatic heterocycles. The van der Waals surface area contributed by atoms with Crippen molar-refractivity contribution in [1.82, 2.24) is 4.90 Å². The normalized spacial score (nSPS) is 21.1. The summed E-state index contributed by atoms with van der Waals surface area (Å²) in [6.45, 7) is 5.63.